The molecule has 0 bridgehead atoms. The third-order valence-corrected chi connectivity index (χ3v) is 4.20. The number of halogens is 1. The number of pyridine rings is 1. The van der Waals surface area contributed by atoms with Gasteiger partial charge >= 0.3 is 0 Å². The fourth-order valence-electron chi connectivity index (χ4n) is 2.47. The lowest BCUT2D eigenvalue weighted by molar-refractivity contribution is -0.120. The minimum Gasteiger partial charge on any atom is -0.354 e. The van der Waals surface area contributed by atoms with E-state index in [1.165, 1.54) is 6.20 Å². The van der Waals surface area contributed by atoms with Crippen molar-refractivity contribution >= 4 is 33.7 Å². The molecule has 1 aromatic carbocycles. The van der Waals surface area contributed by atoms with Gasteiger partial charge in [-0.05, 0) is 29.8 Å². The average molecular weight is 388 g/mol. The van der Waals surface area contributed by atoms with Crippen LogP contribution in [0.4, 0.5) is 0 Å². The van der Waals surface area contributed by atoms with E-state index < -0.39 is 5.91 Å². The predicted molar refractivity (Wildman–Crippen MR) is 90.5 cm³/mol. The molecule has 122 valence electrons. The van der Waals surface area contributed by atoms with Crippen molar-refractivity contribution in [1.29, 1.82) is 0 Å². The van der Waals surface area contributed by atoms with Crippen molar-refractivity contribution in [2.45, 2.75) is 6.42 Å². The molecule has 1 aromatic heterocycles. The summed E-state index contributed by atoms with van der Waals surface area (Å²) in [6.07, 6.45) is 1.73. The second-order valence-corrected chi connectivity index (χ2v) is 6.23. The fourth-order valence-corrected chi connectivity index (χ4v) is 2.74. The number of aromatic nitrogens is 1. The van der Waals surface area contributed by atoms with Crippen LogP contribution in [-0.4, -0.2) is 40.7 Å². The fraction of sp³-hybridized carbons (Fsp3) is 0.176. The Morgan fingerprint density at radius 3 is 2.58 bits per heavy atom. The normalized spacial score (nSPS) is 13.1. The topological polar surface area (TPSA) is 79.4 Å². The van der Waals surface area contributed by atoms with Gasteiger partial charge in [0.25, 0.3) is 11.8 Å². The van der Waals surface area contributed by atoms with E-state index in [4.69, 9.17) is 0 Å². The molecule has 0 saturated carbocycles. The quantitative estimate of drug-likeness (QED) is 0.793. The zero-order valence-corrected chi connectivity index (χ0v) is 14.2. The predicted octanol–water partition coefficient (Wildman–Crippen LogP) is 1.80. The Morgan fingerprint density at radius 2 is 1.88 bits per heavy atom. The van der Waals surface area contributed by atoms with Crippen molar-refractivity contribution in [2.24, 2.45) is 0 Å². The van der Waals surface area contributed by atoms with Crippen LogP contribution in [0.25, 0.3) is 0 Å². The molecule has 3 rings (SSSR count). The van der Waals surface area contributed by atoms with E-state index >= 15 is 0 Å². The Kier molecular flexibility index (Phi) is 4.71. The number of carbonyl (C=O) groups is 3. The lowest BCUT2D eigenvalue weighted by Gasteiger charge is -2.14. The van der Waals surface area contributed by atoms with Crippen LogP contribution in [0.3, 0.4) is 0 Å². The molecule has 1 aliphatic heterocycles. The molecule has 1 N–H and O–H groups in total. The number of hydrogen-bond donors (Lipinski definition) is 1. The zero-order chi connectivity index (χ0) is 17.1. The molecule has 0 aliphatic carbocycles. The molecule has 1 aliphatic rings. The van der Waals surface area contributed by atoms with Crippen LogP contribution in [0.1, 0.15) is 26.4 Å². The van der Waals surface area contributed by atoms with Crippen LogP contribution in [0.2, 0.25) is 0 Å². The Morgan fingerprint density at radius 1 is 1.12 bits per heavy atom. The first-order chi connectivity index (χ1) is 11.6. The number of imide groups is 1. The molecule has 0 spiro atoms. The maximum absolute atomic E-state index is 12.2. The molecule has 0 atom stereocenters. The van der Waals surface area contributed by atoms with E-state index in [-0.39, 0.29) is 37.0 Å². The highest BCUT2D eigenvalue weighted by Gasteiger charge is 2.36. The van der Waals surface area contributed by atoms with Crippen molar-refractivity contribution in [2.75, 3.05) is 13.1 Å². The van der Waals surface area contributed by atoms with E-state index in [9.17, 15) is 14.4 Å². The van der Waals surface area contributed by atoms with Crippen molar-refractivity contribution < 1.29 is 14.4 Å². The first-order valence-corrected chi connectivity index (χ1v) is 8.18. The molecule has 2 aromatic rings. The highest BCUT2D eigenvalue weighted by molar-refractivity contribution is 9.10. The number of rotatable bonds is 5. The lowest BCUT2D eigenvalue weighted by atomic mass is 10.1. The molecule has 0 saturated heterocycles. The molecule has 0 radical (unpaired) electrons. The van der Waals surface area contributed by atoms with Crippen molar-refractivity contribution in [3.8, 4) is 0 Å². The van der Waals surface area contributed by atoms with Gasteiger partial charge in [0.1, 0.15) is 5.69 Å². The summed E-state index contributed by atoms with van der Waals surface area (Å²) in [5, 5.41) is 2.72. The minimum atomic E-state index is -0.419. The van der Waals surface area contributed by atoms with Gasteiger partial charge in [-0.1, -0.05) is 28.1 Å². The molecule has 0 unspecified atom stereocenters. The monoisotopic (exact) mass is 387 g/mol. The van der Waals surface area contributed by atoms with Crippen molar-refractivity contribution in [1.82, 2.24) is 15.2 Å². The third kappa shape index (κ3) is 3.35. The molecule has 2 heterocycles. The van der Waals surface area contributed by atoms with Gasteiger partial charge in [0.15, 0.2) is 0 Å². The van der Waals surface area contributed by atoms with E-state index in [2.05, 4.69) is 26.2 Å². The Hall–Kier alpha value is -2.54. The number of fused-ring (bicyclic) bond motifs is 1. The summed E-state index contributed by atoms with van der Waals surface area (Å²) in [6, 6.07) is 10.7. The Bertz CT molecular complexity index is 770. The van der Waals surface area contributed by atoms with Gasteiger partial charge in [-0.25, -0.2) is 0 Å². The maximum Gasteiger partial charge on any atom is 0.280 e. The smallest absolute Gasteiger partial charge is 0.280 e. The van der Waals surface area contributed by atoms with Gasteiger partial charge in [-0.15, -0.1) is 0 Å². The maximum atomic E-state index is 12.2. The summed E-state index contributed by atoms with van der Waals surface area (Å²) >= 11 is 3.34. The first-order valence-electron chi connectivity index (χ1n) is 7.38. The molecule has 24 heavy (non-hydrogen) atoms. The second-order valence-electron chi connectivity index (χ2n) is 5.31. The average Bonchev–Trinajstić information content (AvgIpc) is 2.82. The highest BCUT2D eigenvalue weighted by atomic mass is 79.9. The van der Waals surface area contributed by atoms with Gasteiger partial charge in [-0.2, -0.15) is 0 Å². The molecule has 0 fully saturated rings. The summed E-state index contributed by atoms with van der Waals surface area (Å²) < 4.78 is 0.950. The van der Waals surface area contributed by atoms with Crippen LogP contribution in [0.5, 0.6) is 0 Å². The number of benzene rings is 1. The van der Waals surface area contributed by atoms with E-state index in [0.717, 1.165) is 14.9 Å². The highest BCUT2D eigenvalue weighted by Crippen LogP contribution is 2.19. The molecular weight excluding hydrogens is 374 g/mol. The number of carbonyl (C=O) groups excluding carboxylic acids is 3. The largest absolute Gasteiger partial charge is 0.354 e. The summed E-state index contributed by atoms with van der Waals surface area (Å²) in [6.45, 7) is 0.334. The first kappa shape index (κ1) is 16.3. The molecular formula is C17H14BrN3O3. The number of nitrogens with one attached hydrogen (secondary N) is 1. The second kappa shape index (κ2) is 6.92. The van der Waals surface area contributed by atoms with E-state index in [1.807, 2.05) is 24.3 Å². The van der Waals surface area contributed by atoms with E-state index in [0.29, 0.717) is 5.56 Å². The lowest BCUT2D eigenvalue weighted by Crippen LogP contribution is -2.38. The van der Waals surface area contributed by atoms with Gasteiger partial charge in [0.2, 0.25) is 5.91 Å². The summed E-state index contributed by atoms with van der Waals surface area (Å²) in [5.74, 6) is -0.949. The Balaban J connectivity index is 1.52. The van der Waals surface area contributed by atoms with Crippen LogP contribution in [-0.2, 0) is 11.2 Å². The summed E-state index contributed by atoms with van der Waals surface area (Å²) in [5.41, 5.74) is 1.37. The SMILES string of the molecule is O=C(Cc1ccc(Br)cc1)NCCN1C(=O)c2cccnc2C1=O. The van der Waals surface area contributed by atoms with Crippen molar-refractivity contribution in [3.63, 3.8) is 0 Å². The van der Waals surface area contributed by atoms with Gasteiger partial charge in [0, 0.05) is 23.8 Å². The van der Waals surface area contributed by atoms with Gasteiger partial charge in [-0.3, -0.25) is 24.3 Å². The Labute approximate surface area is 147 Å². The van der Waals surface area contributed by atoms with Crippen LogP contribution in [0.15, 0.2) is 47.1 Å². The summed E-state index contributed by atoms with van der Waals surface area (Å²) in [4.78, 5) is 41.3. The standard InChI is InChI=1S/C17H14BrN3O3/c18-12-5-3-11(4-6-12)10-14(22)19-8-9-21-16(23)13-2-1-7-20-15(13)17(21)24/h1-7H,8-10H2,(H,19,22). The molecule has 6 nitrogen and oxygen atoms in total. The van der Waals surface area contributed by atoms with Crippen molar-refractivity contribution in [3.05, 3.63) is 63.9 Å². The molecule has 3 amide bonds. The number of amides is 3. The van der Waals surface area contributed by atoms with E-state index in [1.54, 1.807) is 12.1 Å². The third-order valence-electron chi connectivity index (χ3n) is 3.67. The molecule has 7 heteroatoms. The van der Waals surface area contributed by atoms with Crippen LogP contribution < -0.4 is 5.32 Å². The minimum absolute atomic E-state index is 0.125. The number of hydrogen-bond acceptors (Lipinski definition) is 4. The van der Waals surface area contributed by atoms with Gasteiger partial charge in [0.05, 0.1) is 12.0 Å². The number of nitrogens with zero attached hydrogens (tertiary/aromatic N) is 2. The van der Waals surface area contributed by atoms with Gasteiger partial charge < -0.3 is 5.32 Å². The van der Waals surface area contributed by atoms with Crippen LogP contribution in [0, 0.1) is 0 Å². The zero-order valence-electron chi connectivity index (χ0n) is 12.7. The summed E-state index contributed by atoms with van der Waals surface area (Å²) in [7, 11) is 0. The van der Waals surface area contributed by atoms with Crippen LogP contribution >= 0.6 is 15.9 Å².